The van der Waals surface area contributed by atoms with E-state index in [-0.39, 0.29) is 23.9 Å². The van der Waals surface area contributed by atoms with Gasteiger partial charge in [0.2, 0.25) is 10.0 Å². The van der Waals surface area contributed by atoms with Crippen LogP contribution < -0.4 is 0 Å². The van der Waals surface area contributed by atoms with Crippen LogP contribution in [0.15, 0.2) is 30.3 Å². The van der Waals surface area contributed by atoms with E-state index in [2.05, 4.69) is 36.0 Å². The highest BCUT2D eigenvalue weighted by Gasteiger charge is 2.40. The Morgan fingerprint density at radius 1 is 1.15 bits per heavy atom. The van der Waals surface area contributed by atoms with Crippen molar-refractivity contribution in [1.29, 1.82) is 0 Å². The lowest BCUT2D eigenvalue weighted by atomic mass is 9.91. The molecule has 0 radical (unpaired) electrons. The van der Waals surface area contributed by atoms with Crippen molar-refractivity contribution in [2.45, 2.75) is 44.0 Å². The van der Waals surface area contributed by atoms with Crippen LogP contribution in [0.5, 0.6) is 0 Å². The van der Waals surface area contributed by atoms with Crippen molar-refractivity contribution >= 4 is 10.0 Å². The first-order valence-electron chi connectivity index (χ1n) is 9.86. The van der Waals surface area contributed by atoms with Crippen molar-refractivity contribution in [2.75, 3.05) is 46.6 Å². The predicted molar refractivity (Wildman–Crippen MR) is 108 cm³/mol. The predicted octanol–water partition coefficient (Wildman–Crippen LogP) is 1.80. The summed E-state index contributed by atoms with van der Waals surface area (Å²) >= 11 is 0. The number of ether oxygens (including phenoxy) is 1. The van der Waals surface area contributed by atoms with Gasteiger partial charge in [0.25, 0.3) is 0 Å². The van der Waals surface area contributed by atoms with E-state index in [4.69, 9.17) is 4.74 Å². The van der Waals surface area contributed by atoms with Gasteiger partial charge in [0.15, 0.2) is 0 Å². The molecule has 2 aliphatic heterocycles. The molecule has 2 aliphatic rings. The molecule has 1 aromatic rings. The van der Waals surface area contributed by atoms with Crippen LogP contribution in [0.4, 0.5) is 0 Å². The van der Waals surface area contributed by atoms with Crippen molar-refractivity contribution in [3.8, 4) is 0 Å². The molecule has 4 atom stereocenters. The first kappa shape index (κ1) is 20.7. The van der Waals surface area contributed by atoms with E-state index in [9.17, 15) is 8.42 Å². The fraction of sp³-hybridized carbons (Fsp3) is 0.700. The fourth-order valence-electron chi connectivity index (χ4n) is 4.37. The van der Waals surface area contributed by atoms with Crippen LogP contribution in [0.1, 0.15) is 31.4 Å². The van der Waals surface area contributed by atoms with Crippen LogP contribution in [0.3, 0.4) is 0 Å². The fourth-order valence-corrected chi connectivity index (χ4v) is 5.43. The normalized spacial score (nSPS) is 31.3. The third-order valence-corrected chi connectivity index (χ3v) is 8.22. The monoisotopic (exact) mass is 395 g/mol. The first-order valence-corrected chi connectivity index (χ1v) is 11.5. The van der Waals surface area contributed by atoms with Crippen molar-refractivity contribution in [3.63, 3.8) is 0 Å². The van der Waals surface area contributed by atoms with E-state index in [1.165, 1.54) is 5.56 Å². The number of piperidine rings is 1. The van der Waals surface area contributed by atoms with Gasteiger partial charge < -0.3 is 9.64 Å². The number of sulfonamides is 1. The highest BCUT2D eigenvalue weighted by Crippen LogP contribution is 2.31. The third kappa shape index (κ3) is 4.54. The molecule has 7 heteroatoms. The topological polar surface area (TPSA) is 53.1 Å². The van der Waals surface area contributed by atoms with Crippen LogP contribution in [-0.4, -0.2) is 87.2 Å². The third-order valence-electron chi connectivity index (χ3n) is 6.32. The lowest BCUT2D eigenvalue weighted by molar-refractivity contribution is -0.0854. The molecule has 3 rings (SSSR count). The molecule has 0 bridgehead atoms. The molecule has 2 heterocycles. The second-order valence-electron chi connectivity index (χ2n) is 7.88. The number of likely N-dealkylation sites (tertiary alicyclic amines) is 1. The van der Waals surface area contributed by atoms with E-state index < -0.39 is 10.0 Å². The second-order valence-corrected chi connectivity index (χ2v) is 10.2. The zero-order chi connectivity index (χ0) is 19.6. The maximum absolute atomic E-state index is 12.3. The Bertz CT molecular complexity index is 712. The van der Waals surface area contributed by atoms with Gasteiger partial charge in [-0.15, -0.1) is 0 Å². The van der Waals surface area contributed by atoms with Crippen molar-refractivity contribution in [3.05, 3.63) is 35.9 Å². The van der Waals surface area contributed by atoms with Gasteiger partial charge in [-0.25, -0.2) is 12.7 Å². The average Bonchev–Trinajstić information content (AvgIpc) is 2.68. The number of benzene rings is 1. The molecule has 0 saturated carbocycles. The number of likely N-dealkylation sites (N-methyl/N-ethyl adjacent to an activating group) is 2. The Labute approximate surface area is 164 Å². The highest BCUT2D eigenvalue weighted by molar-refractivity contribution is 7.89. The molecule has 2 saturated heterocycles. The second kappa shape index (κ2) is 8.57. The van der Waals surface area contributed by atoms with Crippen molar-refractivity contribution in [1.82, 2.24) is 14.1 Å². The van der Waals surface area contributed by atoms with Gasteiger partial charge >= 0.3 is 0 Å². The van der Waals surface area contributed by atoms with E-state index >= 15 is 0 Å². The SMILES string of the molecule is CCS(=O)(=O)N(C)C1CCN(C)C(C2COC(c3ccccc3)CN2C)C1. The first-order chi connectivity index (χ1) is 12.8. The summed E-state index contributed by atoms with van der Waals surface area (Å²) in [6, 6.07) is 11.0. The summed E-state index contributed by atoms with van der Waals surface area (Å²) in [5.41, 5.74) is 1.21. The summed E-state index contributed by atoms with van der Waals surface area (Å²) in [4.78, 5) is 4.76. The number of hydrogen-bond donors (Lipinski definition) is 0. The standard InChI is InChI=1S/C20H33N3O3S/c1-5-27(24,25)23(4)17-11-12-21(2)18(13-17)19-15-26-20(14-22(19)3)16-9-7-6-8-10-16/h6-10,17-20H,5,11-15H2,1-4H3. The molecular formula is C20H33N3O3S. The van der Waals surface area contributed by atoms with Crippen LogP contribution in [0, 0.1) is 0 Å². The van der Waals surface area contributed by atoms with Crippen LogP contribution in [0.25, 0.3) is 0 Å². The summed E-state index contributed by atoms with van der Waals surface area (Å²) in [6.45, 7) is 4.14. The largest absolute Gasteiger partial charge is 0.370 e. The number of nitrogens with zero attached hydrogens (tertiary/aromatic N) is 3. The minimum absolute atomic E-state index is 0.0661. The minimum atomic E-state index is -3.16. The van der Waals surface area contributed by atoms with Gasteiger partial charge in [0, 0.05) is 31.7 Å². The van der Waals surface area contributed by atoms with Gasteiger partial charge in [-0.05, 0) is 46.0 Å². The zero-order valence-corrected chi connectivity index (χ0v) is 17.7. The minimum Gasteiger partial charge on any atom is -0.370 e. The van der Waals surface area contributed by atoms with Gasteiger partial charge in [-0.1, -0.05) is 30.3 Å². The van der Waals surface area contributed by atoms with Crippen LogP contribution >= 0.6 is 0 Å². The summed E-state index contributed by atoms with van der Waals surface area (Å²) in [5, 5.41) is 0. The number of morpholine rings is 1. The maximum atomic E-state index is 12.3. The van der Waals surface area contributed by atoms with E-state index in [1.807, 2.05) is 18.2 Å². The molecule has 27 heavy (non-hydrogen) atoms. The Kier molecular flexibility index (Phi) is 6.58. The van der Waals surface area contributed by atoms with Gasteiger partial charge in [0.1, 0.15) is 0 Å². The van der Waals surface area contributed by atoms with E-state index in [0.29, 0.717) is 12.6 Å². The van der Waals surface area contributed by atoms with E-state index in [0.717, 1.165) is 25.9 Å². The van der Waals surface area contributed by atoms with Crippen molar-refractivity contribution < 1.29 is 13.2 Å². The van der Waals surface area contributed by atoms with E-state index in [1.54, 1.807) is 18.3 Å². The Morgan fingerprint density at radius 2 is 1.85 bits per heavy atom. The molecule has 1 aromatic carbocycles. The molecule has 0 spiro atoms. The van der Waals surface area contributed by atoms with Gasteiger partial charge in [-0.3, -0.25) is 4.90 Å². The summed E-state index contributed by atoms with van der Waals surface area (Å²) in [5.74, 6) is 0.158. The molecule has 0 aliphatic carbocycles. The molecular weight excluding hydrogens is 362 g/mol. The lowest BCUT2D eigenvalue weighted by Crippen LogP contribution is -2.60. The highest BCUT2D eigenvalue weighted by atomic mass is 32.2. The summed E-state index contributed by atoms with van der Waals surface area (Å²) in [6.07, 6.45) is 1.83. The molecule has 4 unspecified atom stereocenters. The Morgan fingerprint density at radius 3 is 2.48 bits per heavy atom. The molecule has 152 valence electrons. The smallest absolute Gasteiger partial charge is 0.213 e. The maximum Gasteiger partial charge on any atom is 0.213 e. The molecule has 2 fully saturated rings. The van der Waals surface area contributed by atoms with Crippen LogP contribution in [0.2, 0.25) is 0 Å². The lowest BCUT2D eigenvalue weighted by Gasteiger charge is -2.48. The summed E-state index contributed by atoms with van der Waals surface area (Å²) < 4.78 is 32.4. The zero-order valence-electron chi connectivity index (χ0n) is 16.9. The van der Waals surface area contributed by atoms with Crippen molar-refractivity contribution in [2.24, 2.45) is 0 Å². The van der Waals surface area contributed by atoms with Gasteiger partial charge in [0.05, 0.1) is 18.5 Å². The molecule has 0 aromatic heterocycles. The van der Waals surface area contributed by atoms with Gasteiger partial charge in [-0.2, -0.15) is 0 Å². The average molecular weight is 396 g/mol. The number of rotatable bonds is 5. The molecule has 0 amide bonds. The Balaban J connectivity index is 1.68. The summed E-state index contributed by atoms with van der Waals surface area (Å²) in [7, 11) is 2.88. The quantitative estimate of drug-likeness (QED) is 0.761. The molecule has 6 nitrogen and oxygen atoms in total. The Hall–Kier alpha value is -0.990. The van der Waals surface area contributed by atoms with Crippen LogP contribution in [-0.2, 0) is 14.8 Å². The molecule has 0 N–H and O–H groups in total. The number of hydrogen-bond acceptors (Lipinski definition) is 5.